The SMILES string of the molecule is C=Cc1ccccc1.NC(=O)C1=CC(=O)OC1=O. The average Bonchev–Trinajstić information content (AvgIpc) is 2.70. The van der Waals surface area contributed by atoms with Crippen molar-refractivity contribution in [3.63, 3.8) is 0 Å². The summed E-state index contributed by atoms with van der Waals surface area (Å²) in [5.41, 5.74) is 5.47. The first-order chi connectivity index (χ1) is 8.54. The van der Waals surface area contributed by atoms with Crippen LogP contribution in [0.2, 0.25) is 0 Å². The molecule has 1 amide bonds. The third-order valence-electron chi connectivity index (χ3n) is 1.98. The summed E-state index contributed by atoms with van der Waals surface area (Å²) in [6.45, 7) is 3.63. The predicted octanol–water partition coefficient (Wildman–Crippen LogP) is 0.811. The molecule has 5 nitrogen and oxygen atoms in total. The maximum Gasteiger partial charge on any atom is 0.351 e. The maximum absolute atomic E-state index is 10.4. The van der Waals surface area contributed by atoms with E-state index in [4.69, 9.17) is 5.73 Å². The minimum atomic E-state index is -0.975. The lowest BCUT2D eigenvalue weighted by Gasteiger charge is -1.87. The van der Waals surface area contributed by atoms with E-state index in [2.05, 4.69) is 11.3 Å². The molecule has 0 aromatic heterocycles. The fourth-order valence-corrected chi connectivity index (χ4v) is 1.11. The van der Waals surface area contributed by atoms with Crippen LogP contribution in [0.1, 0.15) is 5.56 Å². The van der Waals surface area contributed by atoms with Crippen molar-refractivity contribution in [3.05, 3.63) is 54.1 Å². The minimum Gasteiger partial charge on any atom is -0.386 e. The summed E-state index contributed by atoms with van der Waals surface area (Å²) in [5, 5.41) is 0. The molecule has 0 fully saturated rings. The van der Waals surface area contributed by atoms with Crippen LogP contribution in [0.5, 0.6) is 0 Å². The Morgan fingerprint density at radius 2 is 1.83 bits per heavy atom. The largest absolute Gasteiger partial charge is 0.386 e. The number of primary amides is 1. The van der Waals surface area contributed by atoms with Crippen molar-refractivity contribution in [1.82, 2.24) is 0 Å². The van der Waals surface area contributed by atoms with Gasteiger partial charge in [0.25, 0.3) is 5.91 Å². The highest BCUT2D eigenvalue weighted by atomic mass is 16.6. The molecule has 1 heterocycles. The second-order valence-electron chi connectivity index (χ2n) is 3.25. The lowest BCUT2D eigenvalue weighted by molar-refractivity contribution is -0.150. The first-order valence-corrected chi connectivity index (χ1v) is 4.99. The van der Waals surface area contributed by atoms with Crippen LogP contribution in [0.25, 0.3) is 6.08 Å². The van der Waals surface area contributed by atoms with E-state index in [1.54, 1.807) is 0 Å². The Kier molecular flexibility index (Phi) is 4.57. The van der Waals surface area contributed by atoms with Gasteiger partial charge in [0, 0.05) is 6.08 Å². The van der Waals surface area contributed by atoms with Crippen LogP contribution in [-0.4, -0.2) is 17.8 Å². The van der Waals surface area contributed by atoms with Gasteiger partial charge in [-0.2, -0.15) is 0 Å². The van der Waals surface area contributed by atoms with Gasteiger partial charge in [-0.3, -0.25) is 4.79 Å². The van der Waals surface area contributed by atoms with Gasteiger partial charge in [0.2, 0.25) is 0 Å². The zero-order valence-corrected chi connectivity index (χ0v) is 9.46. The Labute approximate surface area is 104 Å². The summed E-state index contributed by atoms with van der Waals surface area (Å²) < 4.78 is 3.96. The van der Waals surface area contributed by atoms with Gasteiger partial charge in [-0.15, -0.1) is 0 Å². The zero-order valence-electron chi connectivity index (χ0n) is 9.46. The highest BCUT2D eigenvalue weighted by Gasteiger charge is 2.27. The van der Waals surface area contributed by atoms with Gasteiger partial charge in [-0.05, 0) is 5.56 Å². The molecule has 1 aromatic carbocycles. The summed E-state index contributed by atoms with van der Waals surface area (Å²) in [7, 11) is 0. The molecule has 0 aliphatic carbocycles. The summed E-state index contributed by atoms with van der Waals surface area (Å²) in [4.78, 5) is 30.9. The molecule has 18 heavy (non-hydrogen) atoms. The van der Waals surface area contributed by atoms with Gasteiger partial charge in [-0.1, -0.05) is 43.0 Å². The van der Waals surface area contributed by atoms with Gasteiger partial charge in [0.1, 0.15) is 5.57 Å². The Balaban J connectivity index is 0.000000184. The number of carbonyl (C=O) groups excluding carboxylic acids is 3. The fraction of sp³-hybridized carbons (Fsp3) is 0. The molecule has 0 unspecified atom stereocenters. The number of benzene rings is 1. The third kappa shape index (κ3) is 3.71. The molecule has 1 aliphatic rings. The lowest BCUT2D eigenvalue weighted by atomic mass is 10.2. The fourth-order valence-electron chi connectivity index (χ4n) is 1.11. The van der Waals surface area contributed by atoms with E-state index in [1.165, 1.54) is 5.56 Å². The van der Waals surface area contributed by atoms with Crippen LogP contribution >= 0.6 is 0 Å². The van der Waals surface area contributed by atoms with Crippen molar-refractivity contribution in [3.8, 4) is 0 Å². The molecule has 2 rings (SSSR count). The number of hydrogen-bond acceptors (Lipinski definition) is 4. The second kappa shape index (κ2) is 6.15. The number of cyclic esters (lactones) is 2. The van der Waals surface area contributed by atoms with Crippen LogP contribution < -0.4 is 5.73 Å². The molecule has 5 heteroatoms. The van der Waals surface area contributed by atoms with E-state index in [0.717, 1.165) is 6.08 Å². The van der Waals surface area contributed by atoms with Crippen molar-refractivity contribution in [1.29, 1.82) is 0 Å². The lowest BCUT2D eigenvalue weighted by Crippen LogP contribution is -2.18. The average molecular weight is 245 g/mol. The molecule has 1 aromatic rings. The molecule has 0 saturated heterocycles. The monoisotopic (exact) mass is 245 g/mol. The van der Waals surface area contributed by atoms with Gasteiger partial charge < -0.3 is 10.5 Å². The smallest absolute Gasteiger partial charge is 0.351 e. The molecule has 0 atom stereocenters. The van der Waals surface area contributed by atoms with E-state index in [0.29, 0.717) is 0 Å². The van der Waals surface area contributed by atoms with Gasteiger partial charge >= 0.3 is 11.9 Å². The first kappa shape index (κ1) is 13.4. The van der Waals surface area contributed by atoms with E-state index in [9.17, 15) is 14.4 Å². The summed E-state index contributed by atoms with van der Waals surface area (Å²) >= 11 is 0. The Bertz CT molecular complexity index is 517. The standard InChI is InChI=1S/C8H8.C5H3NO4/c1-2-8-6-4-3-5-7-8;6-4(8)2-1-3(7)10-5(2)9/h2-7H,1H2;1H,(H2,6,8). The molecular formula is C13H11NO4. The number of ether oxygens (including phenoxy) is 1. The quantitative estimate of drug-likeness (QED) is 0.474. The van der Waals surface area contributed by atoms with Crippen molar-refractivity contribution in [2.75, 3.05) is 0 Å². The number of rotatable bonds is 2. The first-order valence-electron chi connectivity index (χ1n) is 4.99. The van der Waals surface area contributed by atoms with Crippen molar-refractivity contribution >= 4 is 23.9 Å². The number of hydrogen-bond donors (Lipinski definition) is 1. The minimum absolute atomic E-state index is 0.398. The van der Waals surface area contributed by atoms with Gasteiger partial charge in [0.05, 0.1) is 0 Å². The second-order valence-corrected chi connectivity index (χ2v) is 3.25. The van der Waals surface area contributed by atoms with Gasteiger partial charge in [-0.25, -0.2) is 9.59 Å². The van der Waals surface area contributed by atoms with E-state index >= 15 is 0 Å². The summed E-state index contributed by atoms with van der Waals surface area (Å²) in [6.07, 6.45) is 2.60. The van der Waals surface area contributed by atoms with Crippen molar-refractivity contribution < 1.29 is 19.1 Å². The van der Waals surface area contributed by atoms with Crippen LogP contribution in [0.4, 0.5) is 0 Å². The highest BCUT2D eigenvalue weighted by Crippen LogP contribution is 2.06. The molecule has 0 bridgehead atoms. The predicted molar refractivity (Wildman–Crippen MR) is 64.9 cm³/mol. The Morgan fingerprint density at radius 1 is 1.22 bits per heavy atom. The van der Waals surface area contributed by atoms with E-state index in [1.807, 2.05) is 36.4 Å². The topological polar surface area (TPSA) is 86.5 Å². The molecule has 1 aliphatic heterocycles. The van der Waals surface area contributed by atoms with Crippen molar-refractivity contribution in [2.24, 2.45) is 5.73 Å². The van der Waals surface area contributed by atoms with Crippen LogP contribution in [0.3, 0.4) is 0 Å². The molecular weight excluding hydrogens is 234 g/mol. The maximum atomic E-state index is 10.4. The van der Waals surface area contributed by atoms with Gasteiger partial charge in [0.15, 0.2) is 0 Å². The summed E-state index contributed by atoms with van der Waals surface area (Å²) in [5.74, 6) is -2.77. The van der Waals surface area contributed by atoms with Crippen LogP contribution in [0, 0.1) is 0 Å². The zero-order chi connectivity index (χ0) is 13.5. The molecule has 0 saturated carbocycles. The number of amides is 1. The van der Waals surface area contributed by atoms with Crippen LogP contribution in [-0.2, 0) is 19.1 Å². The van der Waals surface area contributed by atoms with Crippen molar-refractivity contribution in [2.45, 2.75) is 0 Å². The Morgan fingerprint density at radius 3 is 2.11 bits per heavy atom. The number of carbonyl (C=O) groups is 3. The molecule has 2 N–H and O–H groups in total. The normalized spacial score (nSPS) is 13.0. The van der Waals surface area contributed by atoms with E-state index in [-0.39, 0.29) is 0 Å². The molecule has 0 spiro atoms. The number of nitrogens with two attached hydrogens (primary N) is 1. The Hall–Kier alpha value is -2.69. The highest BCUT2D eigenvalue weighted by molar-refractivity contribution is 6.24. The third-order valence-corrected chi connectivity index (χ3v) is 1.98. The van der Waals surface area contributed by atoms with E-state index < -0.39 is 23.4 Å². The number of esters is 2. The van der Waals surface area contributed by atoms with Crippen LogP contribution in [0.15, 0.2) is 48.6 Å². The molecule has 92 valence electrons. The summed E-state index contributed by atoms with van der Waals surface area (Å²) in [6, 6.07) is 10.0. The molecule has 0 radical (unpaired) electrons.